The molecule has 1 N–H and O–H groups in total. The summed E-state index contributed by atoms with van der Waals surface area (Å²) in [6.07, 6.45) is 8.31. The molecule has 0 aromatic heterocycles. The van der Waals surface area contributed by atoms with Crippen molar-refractivity contribution >= 4 is 5.91 Å². The Bertz CT molecular complexity index is 112. The molecule has 0 aliphatic heterocycles. The second-order valence-electron chi connectivity index (χ2n) is 4.06. The van der Waals surface area contributed by atoms with E-state index in [0.29, 0.717) is 6.42 Å². The third-order valence-electron chi connectivity index (χ3n) is 2.06. The molecule has 0 rings (SSSR count). The molecule has 2 heteroatoms. The van der Waals surface area contributed by atoms with Crippen LogP contribution in [-0.2, 0) is 4.79 Å². The Hall–Kier alpha value is -0.530. The largest absolute Gasteiger partial charge is 0.356 e. The van der Waals surface area contributed by atoms with Gasteiger partial charge in [-0.3, -0.25) is 4.79 Å². The molecule has 0 aliphatic rings. The van der Waals surface area contributed by atoms with Gasteiger partial charge < -0.3 is 5.32 Å². The van der Waals surface area contributed by atoms with E-state index in [1.54, 1.807) is 0 Å². The van der Waals surface area contributed by atoms with Gasteiger partial charge in [0.2, 0.25) is 5.91 Å². The van der Waals surface area contributed by atoms with E-state index in [0.717, 1.165) is 13.0 Å². The summed E-state index contributed by atoms with van der Waals surface area (Å²) in [6, 6.07) is 0. The van der Waals surface area contributed by atoms with Gasteiger partial charge in [-0.1, -0.05) is 66.7 Å². The number of rotatable bonds is 6. The van der Waals surface area contributed by atoms with E-state index in [4.69, 9.17) is 0 Å². The van der Waals surface area contributed by atoms with Crippen LogP contribution in [0.5, 0.6) is 0 Å². The van der Waals surface area contributed by atoms with E-state index in [1.165, 1.54) is 32.1 Å². The van der Waals surface area contributed by atoms with Crippen LogP contribution in [0.3, 0.4) is 0 Å². The standard InChI is InChI=1S/C6H13NO.C5H12.C4H10/c1-3-5-6(8)7-4-2;1-3-5-4-2;1-3-4-2/h3-5H2,1-2H3,(H,7,8);3-5H2,1-2H3;3-4H2,1-2H3. The van der Waals surface area contributed by atoms with Gasteiger partial charge in [0.25, 0.3) is 0 Å². The number of carbonyl (C=O) groups is 1. The molecule has 0 fully saturated rings. The zero-order valence-electron chi connectivity index (χ0n) is 13.1. The second kappa shape index (κ2) is 24.6. The Morgan fingerprint density at radius 2 is 1.24 bits per heavy atom. The lowest BCUT2D eigenvalue weighted by atomic mass is 10.3. The zero-order valence-corrected chi connectivity index (χ0v) is 13.1. The third-order valence-corrected chi connectivity index (χ3v) is 2.06. The molecular weight excluding hydrogens is 210 g/mol. The van der Waals surface area contributed by atoms with Crippen LogP contribution in [-0.4, -0.2) is 12.5 Å². The summed E-state index contributed by atoms with van der Waals surface area (Å²) in [5, 5.41) is 2.71. The summed E-state index contributed by atoms with van der Waals surface area (Å²) in [5.74, 6) is 0.162. The molecule has 17 heavy (non-hydrogen) atoms. The average Bonchev–Trinajstić information content (AvgIpc) is 2.32. The van der Waals surface area contributed by atoms with Gasteiger partial charge in [0.05, 0.1) is 0 Å². The van der Waals surface area contributed by atoms with Crippen molar-refractivity contribution in [3.05, 3.63) is 0 Å². The maximum atomic E-state index is 10.5. The van der Waals surface area contributed by atoms with Gasteiger partial charge in [-0.15, -0.1) is 0 Å². The average molecular weight is 245 g/mol. The van der Waals surface area contributed by atoms with Crippen LogP contribution in [0.25, 0.3) is 0 Å². The van der Waals surface area contributed by atoms with Gasteiger partial charge in [0.1, 0.15) is 0 Å². The summed E-state index contributed by atoms with van der Waals surface area (Å²) < 4.78 is 0. The predicted octanol–water partition coefficient (Wildman–Crippen LogP) is 4.93. The Labute approximate surface area is 110 Å². The highest BCUT2D eigenvalue weighted by Crippen LogP contribution is 1.88. The predicted molar refractivity (Wildman–Crippen MR) is 79.4 cm³/mol. The fourth-order valence-electron chi connectivity index (χ4n) is 0.866. The number of carbonyl (C=O) groups excluding carboxylic acids is 1. The minimum atomic E-state index is 0.162. The second-order valence-corrected chi connectivity index (χ2v) is 4.06. The maximum Gasteiger partial charge on any atom is 0.219 e. The number of amides is 1. The van der Waals surface area contributed by atoms with Crippen molar-refractivity contribution in [3.63, 3.8) is 0 Å². The van der Waals surface area contributed by atoms with E-state index in [1.807, 2.05) is 13.8 Å². The first-order valence-electron chi connectivity index (χ1n) is 7.40. The molecule has 0 aromatic carbocycles. The van der Waals surface area contributed by atoms with Crippen molar-refractivity contribution in [1.82, 2.24) is 5.32 Å². The van der Waals surface area contributed by atoms with Crippen molar-refractivity contribution in [3.8, 4) is 0 Å². The Balaban J connectivity index is -0.000000188. The minimum absolute atomic E-state index is 0.162. The van der Waals surface area contributed by atoms with Crippen molar-refractivity contribution in [2.45, 2.75) is 86.5 Å². The highest BCUT2D eigenvalue weighted by atomic mass is 16.1. The first-order valence-corrected chi connectivity index (χ1v) is 7.40. The molecule has 0 saturated heterocycles. The highest BCUT2D eigenvalue weighted by molar-refractivity contribution is 5.75. The SMILES string of the molecule is CCCC.CCCC(=O)NCC.CCCCC. The Morgan fingerprint density at radius 1 is 0.765 bits per heavy atom. The topological polar surface area (TPSA) is 29.1 Å². The molecule has 0 radical (unpaired) electrons. The lowest BCUT2D eigenvalue weighted by molar-refractivity contribution is -0.121. The van der Waals surface area contributed by atoms with Crippen LogP contribution in [0.2, 0.25) is 0 Å². The van der Waals surface area contributed by atoms with E-state index in [9.17, 15) is 4.79 Å². The molecule has 1 amide bonds. The molecular formula is C15H35NO. The van der Waals surface area contributed by atoms with Crippen molar-refractivity contribution < 1.29 is 4.79 Å². The molecule has 0 saturated carbocycles. The van der Waals surface area contributed by atoms with Crippen LogP contribution in [0.15, 0.2) is 0 Å². The molecule has 0 unspecified atom stereocenters. The summed E-state index contributed by atoms with van der Waals surface area (Å²) in [5.41, 5.74) is 0. The van der Waals surface area contributed by atoms with Crippen molar-refractivity contribution in [1.29, 1.82) is 0 Å². The van der Waals surface area contributed by atoms with Gasteiger partial charge in [-0.25, -0.2) is 0 Å². The van der Waals surface area contributed by atoms with Crippen LogP contribution < -0.4 is 5.32 Å². The summed E-state index contributed by atoms with van der Waals surface area (Å²) >= 11 is 0. The Morgan fingerprint density at radius 3 is 1.41 bits per heavy atom. The van der Waals surface area contributed by atoms with E-state index < -0.39 is 0 Å². The van der Waals surface area contributed by atoms with Crippen LogP contribution in [0.1, 0.15) is 86.5 Å². The van der Waals surface area contributed by atoms with E-state index in [-0.39, 0.29) is 5.91 Å². The van der Waals surface area contributed by atoms with Gasteiger partial charge in [-0.2, -0.15) is 0 Å². The Kier molecular flexibility index (Phi) is 31.5. The number of nitrogens with one attached hydrogen (secondary N) is 1. The fourth-order valence-corrected chi connectivity index (χ4v) is 0.866. The lowest BCUT2D eigenvalue weighted by Gasteiger charge is -1.96. The zero-order chi connectivity index (χ0) is 13.9. The number of hydrogen-bond acceptors (Lipinski definition) is 1. The molecule has 0 aromatic rings. The smallest absolute Gasteiger partial charge is 0.219 e. The van der Waals surface area contributed by atoms with Crippen LogP contribution in [0.4, 0.5) is 0 Å². The van der Waals surface area contributed by atoms with Crippen molar-refractivity contribution in [2.24, 2.45) is 0 Å². The number of hydrogen-bond donors (Lipinski definition) is 1. The monoisotopic (exact) mass is 245 g/mol. The van der Waals surface area contributed by atoms with E-state index >= 15 is 0 Å². The molecule has 0 spiro atoms. The van der Waals surface area contributed by atoms with Gasteiger partial charge in [0.15, 0.2) is 0 Å². The first kappa shape index (κ1) is 21.7. The first-order chi connectivity index (χ1) is 8.14. The summed E-state index contributed by atoms with van der Waals surface area (Å²) in [4.78, 5) is 10.5. The summed E-state index contributed by atoms with van der Waals surface area (Å²) in [7, 11) is 0. The fraction of sp³-hybridized carbons (Fsp3) is 0.933. The minimum Gasteiger partial charge on any atom is -0.356 e. The molecule has 0 atom stereocenters. The van der Waals surface area contributed by atoms with Gasteiger partial charge >= 0.3 is 0 Å². The molecule has 106 valence electrons. The highest BCUT2D eigenvalue weighted by Gasteiger charge is 1.92. The van der Waals surface area contributed by atoms with Gasteiger partial charge in [0, 0.05) is 13.0 Å². The summed E-state index contributed by atoms with van der Waals surface area (Å²) in [6.45, 7) is 13.5. The van der Waals surface area contributed by atoms with Crippen molar-refractivity contribution in [2.75, 3.05) is 6.54 Å². The van der Waals surface area contributed by atoms with Gasteiger partial charge in [-0.05, 0) is 13.3 Å². The van der Waals surface area contributed by atoms with Crippen LogP contribution >= 0.6 is 0 Å². The quantitative estimate of drug-likeness (QED) is 0.706. The normalized spacial score (nSPS) is 8.35. The van der Waals surface area contributed by atoms with E-state index in [2.05, 4.69) is 33.0 Å². The lowest BCUT2D eigenvalue weighted by Crippen LogP contribution is -2.21. The maximum absolute atomic E-state index is 10.5. The molecule has 2 nitrogen and oxygen atoms in total. The molecule has 0 aliphatic carbocycles. The molecule has 0 heterocycles. The third kappa shape index (κ3) is 39.1. The molecule has 0 bridgehead atoms. The van der Waals surface area contributed by atoms with Crippen LogP contribution in [0, 0.1) is 0 Å². The number of unbranched alkanes of at least 4 members (excludes halogenated alkanes) is 3.